The SMILES string of the molecule is CN(C(=O)C1(N)CCCCC1)c1ccc(F)cc1. The molecule has 98 valence electrons. The topological polar surface area (TPSA) is 46.3 Å². The number of hydrogen-bond acceptors (Lipinski definition) is 2. The predicted molar refractivity (Wildman–Crippen MR) is 69.8 cm³/mol. The Morgan fingerprint density at radius 1 is 1.22 bits per heavy atom. The highest BCUT2D eigenvalue weighted by atomic mass is 19.1. The fourth-order valence-corrected chi connectivity index (χ4v) is 2.51. The largest absolute Gasteiger partial charge is 0.317 e. The third-order valence-electron chi connectivity index (χ3n) is 3.69. The molecule has 0 radical (unpaired) electrons. The van der Waals surface area contributed by atoms with Crippen LogP contribution in [0.1, 0.15) is 32.1 Å². The van der Waals surface area contributed by atoms with Crippen molar-refractivity contribution in [2.75, 3.05) is 11.9 Å². The van der Waals surface area contributed by atoms with Crippen LogP contribution < -0.4 is 10.6 Å². The Morgan fingerprint density at radius 3 is 2.33 bits per heavy atom. The minimum absolute atomic E-state index is 0.0752. The van der Waals surface area contributed by atoms with Crippen LogP contribution in [0.15, 0.2) is 24.3 Å². The molecule has 0 saturated heterocycles. The fourth-order valence-electron chi connectivity index (χ4n) is 2.51. The Hall–Kier alpha value is -1.42. The number of hydrogen-bond donors (Lipinski definition) is 1. The first kappa shape index (κ1) is 13.0. The molecular weight excluding hydrogens is 231 g/mol. The van der Waals surface area contributed by atoms with Crippen molar-refractivity contribution in [2.45, 2.75) is 37.6 Å². The Bertz CT molecular complexity index is 424. The second-order valence-corrected chi connectivity index (χ2v) is 5.06. The zero-order valence-electron chi connectivity index (χ0n) is 10.7. The molecule has 0 atom stereocenters. The molecule has 1 amide bonds. The van der Waals surface area contributed by atoms with Crippen LogP contribution >= 0.6 is 0 Å². The Morgan fingerprint density at radius 2 is 1.78 bits per heavy atom. The van der Waals surface area contributed by atoms with Crippen LogP contribution in [0.2, 0.25) is 0 Å². The molecule has 1 fully saturated rings. The van der Waals surface area contributed by atoms with E-state index in [4.69, 9.17) is 5.73 Å². The number of nitrogens with two attached hydrogens (primary N) is 1. The van der Waals surface area contributed by atoms with Gasteiger partial charge in [-0.25, -0.2) is 4.39 Å². The first-order chi connectivity index (χ1) is 8.53. The molecule has 0 unspecified atom stereocenters. The minimum atomic E-state index is -0.749. The van der Waals surface area contributed by atoms with Gasteiger partial charge in [0.1, 0.15) is 5.82 Å². The van der Waals surface area contributed by atoms with E-state index >= 15 is 0 Å². The van der Waals surface area contributed by atoms with E-state index in [1.54, 1.807) is 19.2 Å². The maximum Gasteiger partial charge on any atom is 0.246 e. The molecule has 0 aromatic heterocycles. The van der Waals surface area contributed by atoms with Crippen molar-refractivity contribution in [3.05, 3.63) is 30.1 Å². The molecule has 0 aliphatic heterocycles. The highest BCUT2D eigenvalue weighted by Gasteiger charge is 2.37. The number of likely N-dealkylation sites (N-methyl/N-ethyl adjacent to an activating group) is 1. The maximum atomic E-state index is 12.9. The summed E-state index contributed by atoms with van der Waals surface area (Å²) in [4.78, 5) is 13.9. The van der Waals surface area contributed by atoms with Gasteiger partial charge in [-0.15, -0.1) is 0 Å². The molecule has 18 heavy (non-hydrogen) atoms. The van der Waals surface area contributed by atoms with Gasteiger partial charge in [-0.3, -0.25) is 4.79 Å². The molecule has 1 aliphatic rings. The lowest BCUT2D eigenvalue weighted by Gasteiger charge is -2.35. The summed E-state index contributed by atoms with van der Waals surface area (Å²) in [6, 6.07) is 5.89. The van der Waals surface area contributed by atoms with Crippen molar-refractivity contribution >= 4 is 11.6 Å². The standard InChI is InChI=1S/C14H19FN2O/c1-17(12-7-5-11(15)6-8-12)13(18)14(16)9-3-2-4-10-14/h5-8H,2-4,9-10,16H2,1H3. The maximum absolute atomic E-state index is 12.9. The van der Waals surface area contributed by atoms with Crippen LogP contribution in [0, 0.1) is 5.82 Å². The smallest absolute Gasteiger partial charge is 0.246 e. The van der Waals surface area contributed by atoms with Crippen LogP contribution in [0.25, 0.3) is 0 Å². The highest BCUT2D eigenvalue weighted by molar-refractivity contribution is 5.99. The number of nitrogens with zero attached hydrogens (tertiary/aromatic N) is 1. The van der Waals surface area contributed by atoms with E-state index in [9.17, 15) is 9.18 Å². The van der Waals surface area contributed by atoms with Crippen LogP contribution in [0.5, 0.6) is 0 Å². The number of amides is 1. The van der Waals surface area contributed by atoms with Crippen LogP contribution in [-0.2, 0) is 4.79 Å². The Labute approximate surface area is 107 Å². The second-order valence-electron chi connectivity index (χ2n) is 5.06. The molecule has 0 bridgehead atoms. The second kappa shape index (κ2) is 5.06. The first-order valence-corrected chi connectivity index (χ1v) is 6.35. The molecule has 1 saturated carbocycles. The molecule has 3 nitrogen and oxygen atoms in total. The summed E-state index contributed by atoms with van der Waals surface area (Å²) in [5.41, 5.74) is 6.13. The lowest BCUT2D eigenvalue weighted by atomic mass is 9.81. The van der Waals surface area contributed by atoms with E-state index in [0.717, 1.165) is 32.1 Å². The number of anilines is 1. The van der Waals surface area contributed by atoms with E-state index < -0.39 is 5.54 Å². The van der Waals surface area contributed by atoms with E-state index in [2.05, 4.69) is 0 Å². The monoisotopic (exact) mass is 250 g/mol. The van der Waals surface area contributed by atoms with Crippen LogP contribution in [-0.4, -0.2) is 18.5 Å². The fraction of sp³-hybridized carbons (Fsp3) is 0.500. The summed E-state index contributed by atoms with van der Waals surface area (Å²) < 4.78 is 12.9. The van der Waals surface area contributed by atoms with E-state index in [1.165, 1.54) is 17.0 Å². The molecule has 2 rings (SSSR count). The van der Waals surface area contributed by atoms with Crippen molar-refractivity contribution in [1.29, 1.82) is 0 Å². The zero-order valence-corrected chi connectivity index (χ0v) is 10.7. The highest BCUT2D eigenvalue weighted by Crippen LogP contribution is 2.29. The summed E-state index contributed by atoms with van der Waals surface area (Å²) in [6.45, 7) is 0. The van der Waals surface area contributed by atoms with Gasteiger partial charge in [0.05, 0.1) is 5.54 Å². The normalized spacial score (nSPS) is 18.4. The Kier molecular flexibility index (Phi) is 3.66. The van der Waals surface area contributed by atoms with Crippen molar-refractivity contribution in [3.63, 3.8) is 0 Å². The van der Waals surface area contributed by atoms with Gasteiger partial charge in [-0.05, 0) is 37.1 Å². The number of benzene rings is 1. The average molecular weight is 250 g/mol. The number of carbonyl (C=O) groups excluding carboxylic acids is 1. The first-order valence-electron chi connectivity index (χ1n) is 6.35. The molecule has 0 heterocycles. The number of rotatable bonds is 2. The lowest BCUT2D eigenvalue weighted by molar-refractivity contribution is -0.124. The van der Waals surface area contributed by atoms with Crippen LogP contribution in [0.3, 0.4) is 0 Å². The van der Waals surface area contributed by atoms with Gasteiger partial charge >= 0.3 is 0 Å². The van der Waals surface area contributed by atoms with Gasteiger partial charge in [0, 0.05) is 12.7 Å². The van der Waals surface area contributed by atoms with Crippen molar-refractivity contribution in [1.82, 2.24) is 0 Å². The molecule has 0 spiro atoms. The van der Waals surface area contributed by atoms with E-state index in [1.807, 2.05) is 0 Å². The van der Waals surface area contributed by atoms with Gasteiger partial charge in [0.25, 0.3) is 0 Å². The predicted octanol–water partition coefficient (Wildman–Crippen LogP) is 2.45. The van der Waals surface area contributed by atoms with Gasteiger partial charge in [0.15, 0.2) is 0 Å². The van der Waals surface area contributed by atoms with Gasteiger partial charge in [-0.2, -0.15) is 0 Å². The van der Waals surface area contributed by atoms with Crippen LogP contribution in [0.4, 0.5) is 10.1 Å². The van der Waals surface area contributed by atoms with Crippen molar-refractivity contribution in [2.24, 2.45) is 5.73 Å². The summed E-state index contributed by atoms with van der Waals surface area (Å²) in [5, 5.41) is 0. The summed E-state index contributed by atoms with van der Waals surface area (Å²) in [7, 11) is 1.69. The number of halogens is 1. The molecule has 1 aliphatic carbocycles. The molecule has 1 aromatic carbocycles. The number of carbonyl (C=O) groups is 1. The van der Waals surface area contributed by atoms with Crippen molar-refractivity contribution in [3.8, 4) is 0 Å². The summed E-state index contributed by atoms with van der Waals surface area (Å²) in [5.74, 6) is -0.381. The average Bonchev–Trinajstić information content (AvgIpc) is 2.39. The quantitative estimate of drug-likeness (QED) is 0.876. The third-order valence-corrected chi connectivity index (χ3v) is 3.69. The third kappa shape index (κ3) is 2.53. The van der Waals surface area contributed by atoms with Gasteiger partial charge in [-0.1, -0.05) is 19.3 Å². The van der Waals surface area contributed by atoms with E-state index in [0.29, 0.717) is 5.69 Å². The molecule has 4 heteroatoms. The molecular formula is C14H19FN2O. The molecule has 2 N–H and O–H groups in total. The summed E-state index contributed by atoms with van der Waals surface area (Å²) >= 11 is 0. The zero-order chi connectivity index (χ0) is 13.2. The molecule has 1 aromatic rings. The van der Waals surface area contributed by atoms with Gasteiger partial charge < -0.3 is 10.6 Å². The summed E-state index contributed by atoms with van der Waals surface area (Å²) in [6.07, 6.45) is 4.61. The lowest BCUT2D eigenvalue weighted by Crippen LogP contribution is -2.55. The van der Waals surface area contributed by atoms with E-state index in [-0.39, 0.29) is 11.7 Å². The minimum Gasteiger partial charge on any atom is -0.317 e. The van der Waals surface area contributed by atoms with Gasteiger partial charge in [0.2, 0.25) is 5.91 Å². The van der Waals surface area contributed by atoms with Crippen molar-refractivity contribution < 1.29 is 9.18 Å². The Balaban J connectivity index is 2.15.